The molecule has 0 fully saturated rings. The zero-order valence-corrected chi connectivity index (χ0v) is 37.8. The van der Waals surface area contributed by atoms with Crippen molar-refractivity contribution in [3.8, 4) is 0 Å². The molecule has 0 amide bonds. The Kier molecular flexibility index (Phi) is 58.7. The van der Waals surface area contributed by atoms with E-state index in [9.17, 15) is 58.2 Å². The summed E-state index contributed by atoms with van der Waals surface area (Å²) in [5.41, 5.74) is 0. The van der Waals surface area contributed by atoms with Gasteiger partial charge in [0, 0.05) is 53.5 Å². The monoisotopic (exact) mass is 912 g/mol. The van der Waals surface area contributed by atoms with Gasteiger partial charge >= 0.3 is 35.8 Å². The van der Waals surface area contributed by atoms with Crippen molar-refractivity contribution in [3.05, 3.63) is 0 Å². The van der Waals surface area contributed by atoms with E-state index in [1.54, 1.807) is 13.8 Å². The molecule has 26 heteroatoms. The number of esters is 2. The van der Waals surface area contributed by atoms with Gasteiger partial charge in [-0.05, 0) is 25.7 Å². The Morgan fingerprint density at radius 3 is 0.677 bits per heavy atom. The largest absolute Gasteiger partial charge is 0.550 e. The number of carboxylic acids is 8. The summed E-state index contributed by atoms with van der Waals surface area (Å²) in [6.45, 7) is 12.1. The highest BCUT2D eigenvalue weighted by Gasteiger charge is 2.18. The number of Topliss-reactive ketones (excluding diaryl/α,β-unsaturated/α-hetero) is 2. The van der Waals surface area contributed by atoms with E-state index in [1.807, 2.05) is 0 Å². The van der Waals surface area contributed by atoms with Gasteiger partial charge in [0.2, 0.25) is 11.6 Å². The lowest BCUT2D eigenvalue weighted by molar-refractivity contribution is -0.870. The number of hydrogen-bond donors (Lipinski definition) is 8. The number of ether oxygens (including phenoxy) is 2. The van der Waals surface area contributed by atoms with Gasteiger partial charge in [-0.1, -0.05) is 13.8 Å². The molecule has 62 heavy (non-hydrogen) atoms. The molecule has 0 aliphatic rings. The van der Waals surface area contributed by atoms with Crippen LogP contribution in [0.25, 0.3) is 0 Å². The van der Waals surface area contributed by atoms with E-state index in [0.717, 1.165) is 49.8 Å². The summed E-state index contributed by atoms with van der Waals surface area (Å²) in [5.74, 6) is -12.1. The van der Waals surface area contributed by atoms with Crippen LogP contribution < -0.4 is 10.2 Å². The minimum absolute atomic E-state index is 0.281. The predicted octanol–water partition coefficient (Wildman–Crippen LogP) is -3.04. The Morgan fingerprint density at radius 2 is 0.645 bits per heavy atom. The average molecular weight is 913 g/mol. The van der Waals surface area contributed by atoms with Gasteiger partial charge in [0.05, 0.1) is 55.5 Å². The fraction of sp³-hybridized carbons (Fsp3) is 0.667. The van der Waals surface area contributed by atoms with E-state index < -0.39 is 96.3 Å². The van der Waals surface area contributed by atoms with Gasteiger partial charge in [-0.15, -0.1) is 0 Å². The number of rotatable bonds is 15. The van der Waals surface area contributed by atoms with Gasteiger partial charge in [0.25, 0.3) is 11.9 Å². The van der Waals surface area contributed by atoms with Gasteiger partial charge in [0.1, 0.15) is 13.1 Å². The summed E-state index contributed by atoms with van der Waals surface area (Å²) >= 11 is 0. The van der Waals surface area contributed by atoms with Crippen LogP contribution in [0.4, 0.5) is 0 Å². The van der Waals surface area contributed by atoms with E-state index in [4.69, 9.17) is 50.4 Å². The van der Waals surface area contributed by atoms with Gasteiger partial charge in [-0.3, -0.25) is 28.8 Å². The number of carboxylic acid groups (broad SMARTS) is 8. The first-order chi connectivity index (χ1) is 27.6. The molecule has 2 atom stereocenters. The maximum Gasteiger partial charge on any atom is 0.371 e. The molecular formula is C36H68N2O24. The third-order valence-electron chi connectivity index (χ3n) is 4.59. The maximum atomic E-state index is 10.2. The lowest BCUT2D eigenvalue weighted by Gasteiger charge is -2.21. The van der Waals surface area contributed by atoms with Crippen molar-refractivity contribution in [1.29, 1.82) is 0 Å². The number of ketones is 2. The number of nitrogens with zero attached hydrogens (tertiary/aromatic N) is 2. The number of aliphatic hydroxyl groups excluding tert-OH is 2. The van der Waals surface area contributed by atoms with Crippen molar-refractivity contribution in [1.82, 2.24) is 0 Å². The van der Waals surface area contributed by atoms with Gasteiger partial charge in [-0.2, -0.15) is 0 Å². The van der Waals surface area contributed by atoms with Crippen molar-refractivity contribution in [3.63, 3.8) is 0 Å². The zero-order valence-electron chi connectivity index (χ0n) is 37.8. The van der Waals surface area contributed by atoms with Gasteiger partial charge < -0.3 is 79.1 Å². The smallest absolute Gasteiger partial charge is 0.371 e. The fourth-order valence-corrected chi connectivity index (χ4v) is 1.82. The van der Waals surface area contributed by atoms with Crippen molar-refractivity contribution in [2.45, 2.75) is 93.3 Å². The van der Waals surface area contributed by atoms with Crippen LogP contribution in [0.3, 0.4) is 0 Å². The van der Waals surface area contributed by atoms with Crippen LogP contribution in [0.5, 0.6) is 0 Å². The molecular weight excluding hydrogens is 844 g/mol. The zero-order chi connectivity index (χ0) is 52.2. The molecule has 2 unspecified atom stereocenters. The lowest BCUT2D eigenvalue weighted by Crippen LogP contribution is -2.36. The quantitative estimate of drug-likeness (QED) is 0.0460. The Labute approximate surface area is 360 Å². The molecule has 0 aliphatic heterocycles. The molecule has 0 aromatic carbocycles. The highest BCUT2D eigenvalue weighted by Crippen LogP contribution is 1.98. The molecule has 0 aromatic rings. The van der Waals surface area contributed by atoms with E-state index in [2.05, 4.69) is 51.8 Å². The topological polar surface area (TPSA) is 431 Å². The highest BCUT2D eigenvalue weighted by molar-refractivity contribution is 6.31. The number of carbonyl (C=O) groups excluding carboxylic acids is 6. The third kappa shape index (κ3) is 124. The van der Waals surface area contributed by atoms with Crippen LogP contribution in [0.15, 0.2) is 0 Å². The molecule has 0 spiro atoms. The van der Waals surface area contributed by atoms with Crippen LogP contribution in [0, 0.1) is 0 Å². The van der Waals surface area contributed by atoms with Crippen LogP contribution in [-0.2, 0) is 67.0 Å². The van der Waals surface area contributed by atoms with Crippen LogP contribution in [-0.4, -0.2) is 202 Å². The molecule has 0 aromatic heterocycles. The molecule has 8 N–H and O–H groups in total. The number of carbonyl (C=O) groups is 12. The molecule has 0 bridgehead atoms. The summed E-state index contributed by atoms with van der Waals surface area (Å²) in [7, 11) is 12.3. The van der Waals surface area contributed by atoms with Gasteiger partial charge in [-0.25, -0.2) is 19.2 Å². The SMILES string of the molecule is CC(=O)C(=O)O.CC(=O)C(=O)O.CC(=O)O.CC(=O)O.CCC(OC(C)=O)C(=O)O.CCC(OC(C)=O)C(=O)O.C[N+](C)(C)CCO.C[N+](C)(C)CCO.O=C([O-])CCC(=O)[O-]. The standard InChI is InChI=1S/2C6H10O4.2C5H14NO.C4H6O4.2C3H4O3.2C2H4O2/c2*1-3-5(6(8)9)10-4(2)7;2*1-6(2,3)4-5-7;5-3(6)1-2-4(7)8;2*1-2(4)3(5)6;2*1-2(3)4/h2*5H,3H2,1-2H3,(H,8,9);2*7H,4-5H2,1-3H3;1-2H2,(H,5,6)(H,7,8);2*1H3,(H,5,6);2*1H3,(H,3,4)/q;;2*+1;;;;;/p-2. The van der Waals surface area contributed by atoms with Gasteiger partial charge in [0.15, 0.2) is 12.2 Å². The van der Waals surface area contributed by atoms with E-state index in [0.29, 0.717) is 12.8 Å². The minimum Gasteiger partial charge on any atom is -0.550 e. The second-order valence-corrected chi connectivity index (χ2v) is 13.2. The molecule has 366 valence electrons. The highest BCUT2D eigenvalue weighted by atomic mass is 16.6. The molecule has 0 radical (unpaired) electrons. The summed E-state index contributed by atoms with van der Waals surface area (Å²) < 4.78 is 10.5. The third-order valence-corrected chi connectivity index (χ3v) is 4.59. The Balaban J connectivity index is -0.0000000739. The van der Waals surface area contributed by atoms with Crippen molar-refractivity contribution in [2.75, 3.05) is 68.6 Å². The molecule has 0 aliphatic carbocycles. The van der Waals surface area contributed by atoms with E-state index >= 15 is 0 Å². The average Bonchev–Trinajstić information content (AvgIpc) is 3.04. The number of likely N-dealkylation sites (N-methyl/N-ethyl adjacent to an activating group) is 2. The molecule has 26 nitrogen and oxygen atoms in total. The minimum atomic E-state index is -1.38. The molecule has 0 heterocycles. The normalized spacial score (nSPS) is 10.0. The molecule has 0 saturated heterocycles. The molecule has 0 saturated carbocycles. The first-order valence-corrected chi connectivity index (χ1v) is 17.5. The van der Waals surface area contributed by atoms with Crippen LogP contribution in [0.2, 0.25) is 0 Å². The Morgan fingerprint density at radius 1 is 0.468 bits per heavy atom. The van der Waals surface area contributed by atoms with Crippen molar-refractivity contribution in [2.24, 2.45) is 0 Å². The van der Waals surface area contributed by atoms with Crippen LogP contribution >= 0.6 is 0 Å². The van der Waals surface area contributed by atoms with Crippen molar-refractivity contribution < 1.29 is 127 Å². The molecule has 0 rings (SSSR count). The second-order valence-electron chi connectivity index (χ2n) is 13.2. The summed E-state index contributed by atoms with van der Waals surface area (Å²) in [5, 5.41) is 82.6. The summed E-state index contributed by atoms with van der Waals surface area (Å²) in [4.78, 5) is 116. The Bertz CT molecular complexity index is 1200. The number of quaternary nitrogens is 2. The summed E-state index contributed by atoms with van der Waals surface area (Å²) in [6.07, 6.45) is -2.32. The number of hydrogen-bond acceptors (Lipinski definition) is 18. The predicted molar refractivity (Wildman–Crippen MR) is 209 cm³/mol. The second kappa shape index (κ2) is 47.6. The van der Waals surface area contributed by atoms with E-state index in [1.165, 1.54) is 13.8 Å². The Hall–Kier alpha value is -6.12. The fourth-order valence-electron chi connectivity index (χ4n) is 1.82. The lowest BCUT2D eigenvalue weighted by atomic mass is 10.3. The van der Waals surface area contributed by atoms with E-state index in [-0.39, 0.29) is 13.2 Å². The maximum absolute atomic E-state index is 10.2. The van der Waals surface area contributed by atoms with Crippen molar-refractivity contribution >= 4 is 71.3 Å². The summed E-state index contributed by atoms with van der Waals surface area (Å²) in [6, 6.07) is 0. The number of aliphatic carboxylic acids is 8. The van der Waals surface area contributed by atoms with Crippen LogP contribution in [0.1, 0.15) is 81.1 Å². The first kappa shape index (κ1) is 76.6. The number of aliphatic hydroxyl groups is 2. The first-order valence-electron chi connectivity index (χ1n) is 17.5.